The molecule has 0 spiro atoms. The van der Waals surface area contributed by atoms with Crippen LogP contribution in [0.4, 0.5) is 0 Å². The summed E-state index contributed by atoms with van der Waals surface area (Å²) in [4.78, 5) is 16.2. The van der Waals surface area contributed by atoms with E-state index in [9.17, 15) is 13.2 Å². The highest BCUT2D eigenvalue weighted by molar-refractivity contribution is 7.91. The van der Waals surface area contributed by atoms with Crippen LogP contribution >= 0.6 is 22.9 Å². The molecule has 1 saturated heterocycles. The Morgan fingerprint density at radius 3 is 2.68 bits per heavy atom. The van der Waals surface area contributed by atoms with Gasteiger partial charge in [0, 0.05) is 26.7 Å². The number of nitrogens with zero attached hydrogens (tertiary/aromatic N) is 3. The van der Waals surface area contributed by atoms with Gasteiger partial charge in [-0.3, -0.25) is 4.79 Å². The monoisotopic (exact) mass is 365 g/mol. The highest BCUT2D eigenvalue weighted by Crippen LogP contribution is 2.27. The minimum Gasteiger partial charge on any atom is -0.340 e. The number of likely N-dealkylation sites (N-methyl/N-ethyl adjacent to an activating group) is 2. The van der Waals surface area contributed by atoms with Crippen molar-refractivity contribution in [2.75, 3.05) is 46.8 Å². The van der Waals surface area contributed by atoms with Gasteiger partial charge in [-0.2, -0.15) is 4.31 Å². The second kappa shape index (κ2) is 7.27. The summed E-state index contributed by atoms with van der Waals surface area (Å²) < 4.78 is 26.4. The first-order valence-electron chi connectivity index (χ1n) is 6.98. The Morgan fingerprint density at radius 1 is 1.32 bits per heavy atom. The van der Waals surface area contributed by atoms with E-state index in [1.54, 1.807) is 11.0 Å². The number of hydrogen-bond acceptors (Lipinski definition) is 5. The summed E-state index contributed by atoms with van der Waals surface area (Å²) in [5.41, 5.74) is 0. The highest BCUT2D eigenvalue weighted by Gasteiger charge is 2.27. The summed E-state index contributed by atoms with van der Waals surface area (Å²) >= 11 is 6.78. The molecule has 9 heteroatoms. The van der Waals surface area contributed by atoms with E-state index in [4.69, 9.17) is 11.6 Å². The molecule has 0 aliphatic carbocycles. The van der Waals surface area contributed by atoms with Crippen molar-refractivity contribution >= 4 is 38.9 Å². The zero-order valence-electron chi connectivity index (χ0n) is 12.7. The van der Waals surface area contributed by atoms with Crippen molar-refractivity contribution < 1.29 is 13.2 Å². The number of hydrogen-bond donors (Lipinski definition) is 0. The zero-order valence-corrected chi connectivity index (χ0v) is 15.0. The van der Waals surface area contributed by atoms with Gasteiger partial charge in [-0.1, -0.05) is 11.6 Å². The van der Waals surface area contributed by atoms with Crippen LogP contribution < -0.4 is 0 Å². The normalized spacial score (nSPS) is 17.7. The molecule has 0 saturated carbocycles. The number of amides is 1. The van der Waals surface area contributed by atoms with E-state index < -0.39 is 10.0 Å². The molecule has 2 rings (SSSR count). The second-order valence-corrected chi connectivity index (χ2v) is 9.34. The van der Waals surface area contributed by atoms with E-state index in [1.807, 2.05) is 7.05 Å². The molecule has 1 aromatic heterocycles. The van der Waals surface area contributed by atoms with Crippen molar-refractivity contribution in [2.45, 2.75) is 10.6 Å². The number of carbonyl (C=O) groups excluding carboxylic acids is 1. The first-order valence-corrected chi connectivity index (χ1v) is 9.62. The lowest BCUT2D eigenvalue weighted by molar-refractivity contribution is -0.131. The fourth-order valence-electron chi connectivity index (χ4n) is 2.26. The van der Waals surface area contributed by atoms with Gasteiger partial charge in [-0.05, 0) is 32.1 Å². The summed E-state index contributed by atoms with van der Waals surface area (Å²) in [5, 5.41) is 0. The Hall–Kier alpha value is -0.670. The molecule has 0 radical (unpaired) electrons. The van der Waals surface area contributed by atoms with Crippen molar-refractivity contribution in [3.8, 4) is 0 Å². The maximum Gasteiger partial charge on any atom is 0.252 e. The van der Waals surface area contributed by atoms with Crippen LogP contribution in [0, 0.1) is 0 Å². The average molecular weight is 366 g/mol. The minimum absolute atomic E-state index is 0.151. The quantitative estimate of drug-likeness (QED) is 0.804. The molecule has 0 N–H and O–H groups in total. The molecule has 124 valence electrons. The molecule has 6 nitrogen and oxygen atoms in total. The van der Waals surface area contributed by atoms with E-state index in [-0.39, 0.29) is 16.7 Å². The standard InChI is InChI=1S/C13H20ClN3O3S2/c1-15-6-3-7-17(9-8-15)12(18)10-16(2)22(19,20)13-5-4-11(14)21-13/h4-5H,3,6-10H2,1-2H3. The van der Waals surface area contributed by atoms with Gasteiger partial charge < -0.3 is 9.80 Å². The van der Waals surface area contributed by atoms with Gasteiger partial charge >= 0.3 is 0 Å². The van der Waals surface area contributed by atoms with E-state index in [0.29, 0.717) is 17.4 Å². The Bertz CT molecular complexity index is 632. The van der Waals surface area contributed by atoms with Crippen molar-refractivity contribution in [1.29, 1.82) is 0 Å². The molecule has 22 heavy (non-hydrogen) atoms. The Morgan fingerprint density at radius 2 is 2.05 bits per heavy atom. The predicted molar refractivity (Wildman–Crippen MR) is 87.8 cm³/mol. The third kappa shape index (κ3) is 4.20. The molecule has 0 atom stereocenters. The Labute approximate surface area is 140 Å². The largest absolute Gasteiger partial charge is 0.340 e. The second-order valence-electron chi connectivity index (χ2n) is 5.36. The van der Waals surface area contributed by atoms with Crippen molar-refractivity contribution in [3.63, 3.8) is 0 Å². The van der Waals surface area contributed by atoms with Gasteiger partial charge in [-0.15, -0.1) is 11.3 Å². The topological polar surface area (TPSA) is 60.9 Å². The van der Waals surface area contributed by atoms with Gasteiger partial charge in [-0.25, -0.2) is 8.42 Å². The third-order valence-electron chi connectivity index (χ3n) is 3.64. The van der Waals surface area contributed by atoms with E-state index in [2.05, 4.69) is 4.90 Å². The number of halogens is 1. The molecule has 1 amide bonds. The smallest absolute Gasteiger partial charge is 0.252 e. The maximum absolute atomic E-state index is 12.4. The molecule has 0 unspecified atom stereocenters. The fraction of sp³-hybridized carbons (Fsp3) is 0.615. The number of thiophene rings is 1. The molecule has 0 bridgehead atoms. The van der Waals surface area contributed by atoms with Crippen molar-refractivity contribution in [2.24, 2.45) is 0 Å². The summed E-state index contributed by atoms with van der Waals surface area (Å²) in [5.74, 6) is -0.163. The lowest BCUT2D eigenvalue weighted by atomic mass is 10.4. The molecular formula is C13H20ClN3O3S2. The van der Waals surface area contributed by atoms with Crippen molar-refractivity contribution in [3.05, 3.63) is 16.5 Å². The Kier molecular flexibility index (Phi) is 5.84. The first kappa shape index (κ1) is 17.7. The third-order valence-corrected chi connectivity index (χ3v) is 7.15. The van der Waals surface area contributed by atoms with E-state index in [0.717, 1.165) is 35.2 Å². The lowest BCUT2D eigenvalue weighted by Crippen LogP contribution is -2.42. The summed E-state index contributed by atoms with van der Waals surface area (Å²) in [6, 6.07) is 3.00. The molecule has 0 aromatic carbocycles. The minimum atomic E-state index is -3.66. The zero-order chi connectivity index (χ0) is 16.3. The first-order chi connectivity index (χ1) is 10.3. The van der Waals surface area contributed by atoms with Crippen LogP contribution in [0.15, 0.2) is 16.3 Å². The number of rotatable bonds is 4. The molecular weight excluding hydrogens is 346 g/mol. The molecule has 1 aliphatic heterocycles. The average Bonchev–Trinajstić information content (AvgIpc) is 2.77. The van der Waals surface area contributed by atoms with Crippen LogP contribution in [-0.2, 0) is 14.8 Å². The number of carbonyl (C=O) groups is 1. The van der Waals surface area contributed by atoms with Crippen molar-refractivity contribution in [1.82, 2.24) is 14.1 Å². The van der Waals surface area contributed by atoms with Gasteiger partial charge in [0.15, 0.2) is 0 Å². The van der Waals surface area contributed by atoms with Crippen LogP contribution in [0.25, 0.3) is 0 Å². The van der Waals surface area contributed by atoms with Crippen LogP contribution in [0.5, 0.6) is 0 Å². The molecule has 2 heterocycles. The predicted octanol–water partition coefficient (Wildman–Crippen LogP) is 1.19. The Balaban J connectivity index is 2.01. The number of sulfonamides is 1. The molecule has 1 aliphatic rings. The summed E-state index contributed by atoms with van der Waals surface area (Å²) in [6.07, 6.45) is 0.902. The van der Waals surface area contributed by atoms with Gasteiger partial charge in [0.2, 0.25) is 5.91 Å². The fourth-order valence-corrected chi connectivity index (χ4v) is 5.08. The van der Waals surface area contributed by atoms with E-state index >= 15 is 0 Å². The highest BCUT2D eigenvalue weighted by atomic mass is 35.5. The van der Waals surface area contributed by atoms with Crippen LogP contribution in [-0.4, -0.2) is 75.2 Å². The molecule has 1 aromatic rings. The van der Waals surface area contributed by atoms with Crippen LogP contribution in [0.3, 0.4) is 0 Å². The van der Waals surface area contributed by atoms with Gasteiger partial charge in [0.25, 0.3) is 10.0 Å². The maximum atomic E-state index is 12.4. The lowest BCUT2D eigenvalue weighted by Gasteiger charge is -2.23. The molecule has 1 fully saturated rings. The van der Waals surface area contributed by atoms with Gasteiger partial charge in [0.1, 0.15) is 4.21 Å². The van der Waals surface area contributed by atoms with E-state index in [1.165, 1.54) is 13.1 Å². The summed E-state index contributed by atoms with van der Waals surface area (Å²) in [7, 11) is -0.222. The SMILES string of the molecule is CN1CCCN(C(=O)CN(C)S(=O)(=O)c2ccc(Cl)s2)CC1. The summed E-state index contributed by atoms with van der Waals surface area (Å²) in [6.45, 7) is 2.91. The van der Waals surface area contributed by atoms with Crippen LogP contribution in [0.2, 0.25) is 4.34 Å². The van der Waals surface area contributed by atoms with Crippen LogP contribution in [0.1, 0.15) is 6.42 Å². The van der Waals surface area contributed by atoms with Gasteiger partial charge in [0.05, 0.1) is 10.9 Å².